The summed E-state index contributed by atoms with van der Waals surface area (Å²) in [5.41, 5.74) is 7.29. The highest BCUT2D eigenvalue weighted by Gasteiger charge is 2.06. The second-order valence-corrected chi connectivity index (χ2v) is 5.46. The molecule has 0 aromatic heterocycles. The lowest BCUT2D eigenvalue weighted by molar-refractivity contribution is 0.218. The number of carbonyl (C=O) groups excluding carboxylic acids is 1. The van der Waals surface area contributed by atoms with E-state index in [-0.39, 0.29) is 6.03 Å². The first kappa shape index (κ1) is 15.7. The van der Waals surface area contributed by atoms with Crippen LogP contribution < -0.4 is 16.4 Å². The molecule has 7 heteroatoms. The van der Waals surface area contributed by atoms with E-state index in [1.54, 1.807) is 14.1 Å². The Morgan fingerprint density at radius 3 is 2.68 bits per heavy atom. The maximum Gasteiger partial charge on any atom is 0.316 e. The summed E-state index contributed by atoms with van der Waals surface area (Å²) in [6.45, 7) is 1.10. The fourth-order valence-electron chi connectivity index (χ4n) is 1.40. The highest BCUT2D eigenvalue weighted by atomic mass is 79.9. The first-order valence-electron chi connectivity index (χ1n) is 5.70. The molecule has 0 spiro atoms. The molecule has 5 nitrogen and oxygen atoms in total. The van der Waals surface area contributed by atoms with Crippen LogP contribution in [0.15, 0.2) is 22.7 Å². The lowest BCUT2D eigenvalue weighted by atomic mass is 10.2. The van der Waals surface area contributed by atoms with E-state index in [9.17, 15) is 4.79 Å². The first-order chi connectivity index (χ1) is 8.91. The zero-order valence-corrected chi connectivity index (χ0v) is 13.3. The van der Waals surface area contributed by atoms with Crippen LogP contribution in [0, 0.1) is 0 Å². The van der Waals surface area contributed by atoms with Crippen molar-refractivity contribution in [2.75, 3.05) is 32.5 Å². The molecule has 0 saturated carbocycles. The molecular weight excluding hydrogens is 328 g/mol. The third-order valence-corrected chi connectivity index (χ3v) is 3.08. The van der Waals surface area contributed by atoms with Gasteiger partial charge in [0, 0.05) is 42.9 Å². The van der Waals surface area contributed by atoms with Gasteiger partial charge in [-0.25, -0.2) is 4.79 Å². The van der Waals surface area contributed by atoms with Gasteiger partial charge in [-0.3, -0.25) is 0 Å². The first-order valence-corrected chi connectivity index (χ1v) is 6.90. The van der Waals surface area contributed by atoms with E-state index in [1.165, 1.54) is 4.90 Å². The molecule has 1 rings (SSSR count). The van der Waals surface area contributed by atoms with E-state index in [2.05, 4.69) is 26.6 Å². The molecule has 0 saturated heterocycles. The van der Waals surface area contributed by atoms with E-state index >= 15 is 0 Å². The maximum absolute atomic E-state index is 11.3. The number of urea groups is 1. The fraction of sp³-hybridized carbons (Fsp3) is 0.333. The van der Waals surface area contributed by atoms with Gasteiger partial charge in [0.2, 0.25) is 0 Å². The van der Waals surface area contributed by atoms with Crippen molar-refractivity contribution in [1.29, 1.82) is 0 Å². The minimum atomic E-state index is -0.120. The molecule has 0 aliphatic heterocycles. The van der Waals surface area contributed by atoms with Crippen LogP contribution in [0.3, 0.4) is 0 Å². The van der Waals surface area contributed by atoms with Crippen LogP contribution >= 0.6 is 28.1 Å². The van der Waals surface area contributed by atoms with Crippen molar-refractivity contribution in [2.45, 2.75) is 0 Å². The average molecular weight is 345 g/mol. The van der Waals surface area contributed by atoms with Gasteiger partial charge in [-0.1, -0.05) is 28.1 Å². The Labute approximate surface area is 126 Å². The molecule has 0 atom stereocenters. The Bertz CT molecular complexity index is 479. The highest BCUT2D eigenvalue weighted by molar-refractivity contribution is 9.10. The zero-order valence-electron chi connectivity index (χ0n) is 10.9. The predicted octanol–water partition coefficient (Wildman–Crippen LogP) is 1.77. The van der Waals surface area contributed by atoms with Gasteiger partial charge in [0.25, 0.3) is 0 Å². The summed E-state index contributed by atoms with van der Waals surface area (Å²) in [6, 6.07) is 5.52. The number of anilines is 1. The van der Waals surface area contributed by atoms with Crippen molar-refractivity contribution in [3.8, 4) is 0 Å². The van der Waals surface area contributed by atoms with Crippen LogP contribution in [0.1, 0.15) is 5.56 Å². The number of thiocarbonyl (C=S) groups is 1. The molecule has 2 amide bonds. The largest absolute Gasteiger partial charge is 0.389 e. The van der Waals surface area contributed by atoms with Crippen molar-refractivity contribution in [1.82, 2.24) is 10.2 Å². The van der Waals surface area contributed by atoms with E-state index in [4.69, 9.17) is 18.0 Å². The summed E-state index contributed by atoms with van der Waals surface area (Å²) in [7, 11) is 3.39. The Kier molecular flexibility index (Phi) is 6.04. The Balaban J connectivity index is 2.55. The van der Waals surface area contributed by atoms with Crippen LogP contribution in [-0.2, 0) is 0 Å². The number of nitrogens with two attached hydrogens (primary N) is 1. The van der Waals surface area contributed by atoms with Crippen LogP contribution in [-0.4, -0.2) is 43.1 Å². The number of carbonyl (C=O) groups is 1. The number of rotatable bonds is 5. The number of nitrogens with one attached hydrogen (secondary N) is 2. The monoisotopic (exact) mass is 344 g/mol. The van der Waals surface area contributed by atoms with Crippen molar-refractivity contribution in [3.63, 3.8) is 0 Å². The molecule has 19 heavy (non-hydrogen) atoms. The summed E-state index contributed by atoms with van der Waals surface area (Å²) < 4.78 is 0.937. The highest BCUT2D eigenvalue weighted by Crippen LogP contribution is 2.21. The SMILES string of the molecule is CN(C)C(=O)NCCNc1cc(Br)ccc1C(N)=S. The number of benzene rings is 1. The lowest BCUT2D eigenvalue weighted by Gasteiger charge is -2.14. The van der Waals surface area contributed by atoms with Crippen LogP contribution in [0.4, 0.5) is 10.5 Å². The molecule has 0 heterocycles. The third-order valence-electron chi connectivity index (χ3n) is 2.37. The number of amides is 2. The second-order valence-electron chi connectivity index (χ2n) is 4.11. The van der Waals surface area contributed by atoms with Crippen LogP contribution in [0.2, 0.25) is 0 Å². The van der Waals surface area contributed by atoms with Crippen LogP contribution in [0.5, 0.6) is 0 Å². The minimum absolute atomic E-state index is 0.120. The number of nitrogens with zero attached hydrogens (tertiary/aromatic N) is 1. The van der Waals surface area contributed by atoms with Gasteiger partial charge in [-0.2, -0.15) is 0 Å². The minimum Gasteiger partial charge on any atom is -0.389 e. The Morgan fingerprint density at radius 1 is 1.42 bits per heavy atom. The van der Waals surface area contributed by atoms with E-state index in [0.29, 0.717) is 18.1 Å². The molecule has 0 unspecified atom stereocenters. The maximum atomic E-state index is 11.3. The smallest absolute Gasteiger partial charge is 0.316 e. The Morgan fingerprint density at radius 2 is 2.11 bits per heavy atom. The average Bonchev–Trinajstić information content (AvgIpc) is 2.33. The van der Waals surface area contributed by atoms with Gasteiger partial charge >= 0.3 is 6.03 Å². The Hall–Kier alpha value is -1.34. The summed E-state index contributed by atoms with van der Waals surface area (Å²) in [5, 5.41) is 5.96. The van der Waals surface area contributed by atoms with Crippen molar-refractivity contribution in [2.24, 2.45) is 5.73 Å². The van der Waals surface area contributed by atoms with Gasteiger partial charge in [-0.15, -0.1) is 0 Å². The number of hydrogen-bond acceptors (Lipinski definition) is 3. The summed E-state index contributed by atoms with van der Waals surface area (Å²) >= 11 is 8.39. The molecule has 0 bridgehead atoms. The molecule has 0 aliphatic carbocycles. The molecule has 0 radical (unpaired) electrons. The zero-order chi connectivity index (χ0) is 14.4. The van der Waals surface area contributed by atoms with Gasteiger partial charge in [-0.05, 0) is 18.2 Å². The van der Waals surface area contributed by atoms with Gasteiger partial charge in [0.1, 0.15) is 4.99 Å². The number of hydrogen-bond donors (Lipinski definition) is 3. The molecule has 0 aliphatic rings. The molecule has 0 fully saturated rings. The summed E-state index contributed by atoms with van der Waals surface area (Å²) in [6.07, 6.45) is 0. The van der Waals surface area contributed by atoms with E-state index < -0.39 is 0 Å². The fourth-order valence-corrected chi connectivity index (χ4v) is 1.94. The van der Waals surface area contributed by atoms with Crippen molar-refractivity contribution >= 4 is 44.9 Å². The summed E-state index contributed by atoms with van der Waals surface area (Å²) in [5.74, 6) is 0. The van der Waals surface area contributed by atoms with E-state index in [0.717, 1.165) is 15.7 Å². The topological polar surface area (TPSA) is 70.4 Å². The van der Waals surface area contributed by atoms with Crippen molar-refractivity contribution < 1.29 is 4.79 Å². The van der Waals surface area contributed by atoms with Crippen LogP contribution in [0.25, 0.3) is 0 Å². The van der Waals surface area contributed by atoms with Gasteiger partial charge in [0.05, 0.1) is 0 Å². The second kappa shape index (κ2) is 7.30. The summed E-state index contributed by atoms with van der Waals surface area (Å²) in [4.78, 5) is 13.1. The lowest BCUT2D eigenvalue weighted by Crippen LogP contribution is -2.37. The molecule has 4 N–H and O–H groups in total. The van der Waals surface area contributed by atoms with E-state index in [1.807, 2.05) is 18.2 Å². The molecule has 1 aromatic carbocycles. The normalized spacial score (nSPS) is 9.84. The third kappa shape index (κ3) is 5.04. The van der Waals surface area contributed by atoms with Crippen molar-refractivity contribution in [3.05, 3.63) is 28.2 Å². The van der Waals surface area contributed by atoms with Gasteiger partial charge in [0.15, 0.2) is 0 Å². The molecule has 104 valence electrons. The molecular formula is C12H17BrN4OS. The number of halogens is 1. The molecule has 1 aromatic rings. The quantitative estimate of drug-likeness (QED) is 0.562. The predicted molar refractivity (Wildman–Crippen MR) is 85.6 cm³/mol. The van der Waals surface area contributed by atoms with Gasteiger partial charge < -0.3 is 21.3 Å². The standard InChI is InChI=1S/C12H17BrN4OS/c1-17(2)12(18)16-6-5-15-10-7-8(13)3-4-9(10)11(14)19/h3-4,7,15H,5-6H2,1-2H3,(H2,14,19)(H,16,18).